The smallest absolute Gasteiger partial charge is 0.148 e. The summed E-state index contributed by atoms with van der Waals surface area (Å²) in [4.78, 5) is 2.75. The van der Waals surface area contributed by atoms with Gasteiger partial charge in [0.25, 0.3) is 0 Å². The molecule has 0 aliphatic rings. The Hall–Kier alpha value is -1.42. The normalized spacial score (nSPS) is 10.2. The lowest BCUT2D eigenvalue weighted by Crippen LogP contribution is -1.99. The first kappa shape index (κ1) is 10.1. The molecule has 2 heterocycles. The van der Waals surface area contributed by atoms with Crippen molar-refractivity contribution < 1.29 is 0 Å². The number of thiophene rings is 1. The number of rotatable bonds is 4. The molecule has 15 heavy (non-hydrogen) atoms. The molecule has 3 nitrogen and oxygen atoms in total. The Kier molecular flexibility index (Phi) is 3.29. The van der Waals surface area contributed by atoms with Crippen molar-refractivity contribution >= 4 is 17.2 Å². The summed E-state index contributed by atoms with van der Waals surface area (Å²) < 4.78 is 0. The van der Waals surface area contributed by atoms with E-state index < -0.39 is 0 Å². The maximum atomic E-state index is 3.96. The van der Waals surface area contributed by atoms with E-state index in [-0.39, 0.29) is 0 Å². The van der Waals surface area contributed by atoms with Gasteiger partial charge >= 0.3 is 0 Å². The second-order valence-corrected chi connectivity index (χ2v) is 4.44. The molecule has 0 saturated carbocycles. The summed E-state index contributed by atoms with van der Waals surface area (Å²) in [7, 11) is 0. The molecule has 0 atom stereocenters. The summed E-state index contributed by atoms with van der Waals surface area (Å²) in [6, 6.07) is 8.13. The minimum atomic E-state index is 0.823. The molecule has 2 rings (SSSR count). The molecule has 2 aromatic heterocycles. The average molecular weight is 219 g/mol. The predicted octanol–water partition coefficient (Wildman–Crippen LogP) is 2.71. The fourth-order valence-electron chi connectivity index (χ4n) is 1.28. The summed E-state index contributed by atoms with van der Waals surface area (Å²) in [6.07, 6.45) is 2.78. The summed E-state index contributed by atoms with van der Waals surface area (Å²) in [6.45, 7) is 3.00. The minimum Gasteiger partial charge on any atom is -0.364 e. The highest BCUT2D eigenvalue weighted by Gasteiger charge is 1.98. The summed E-state index contributed by atoms with van der Waals surface area (Å²) >= 11 is 1.84. The largest absolute Gasteiger partial charge is 0.364 e. The van der Waals surface area contributed by atoms with Gasteiger partial charge < -0.3 is 5.32 Å². The van der Waals surface area contributed by atoms with Crippen LogP contribution in [-0.2, 0) is 13.0 Å². The Bertz CT molecular complexity index is 411. The molecule has 1 N–H and O–H groups in total. The van der Waals surface area contributed by atoms with Gasteiger partial charge in [-0.05, 0) is 30.7 Å². The first-order chi connectivity index (χ1) is 7.38. The van der Waals surface area contributed by atoms with Crippen molar-refractivity contribution in [3.63, 3.8) is 0 Å². The molecule has 0 saturated heterocycles. The molecule has 0 radical (unpaired) electrons. The number of aromatic nitrogens is 2. The standard InChI is InChI=1S/C11H13N3S/c1-2-9-5-6-10(15-9)8-12-11-4-3-7-13-14-11/h3-7H,2,8H2,1H3,(H,12,14). The van der Waals surface area contributed by atoms with E-state index in [9.17, 15) is 0 Å². The zero-order valence-electron chi connectivity index (χ0n) is 8.60. The second kappa shape index (κ2) is 4.89. The molecule has 0 aliphatic heterocycles. The third kappa shape index (κ3) is 2.76. The van der Waals surface area contributed by atoms with Crippen molar-refractivity contribution in [1.82, 2.24) is 10.2 Å². The number of anilines is 1. The number of hydrogen-bond donors (Lipinski definition) is 1. The lowest BCUT2D eigenvalue weighted by Gasteiger charge is -2.01. The molecule has 0 unspecified atom stereocenters. The highest BCUT2D eigenvalue weighted by molar-refractivity contribution is 7.12. The van der Waals surface area contributed by atoms with E-state index >= 15 is 0 Å². The molecule has 0 aromatic carbocycles. The molecule has 0 amide bonds. The van der Waals surface area contributed by atoms with Crippen LogP contribution in [0.15, 0.2) is 30.5 Å². The maximum Gasteiger partial charge on any atom is 0.148 e. The molecule has 0 bridgehead atoms. The number of hydrogen-bond acceptors (Lipinski definition) is 4. The molecule has 2 aromatic rings. The Balaban J connectivity index is 1.93. The summed E-state index contributed by atoms with van der Waals surface area (Å²) in [5, 5.41) is 11.0. The van der Waals surface area contributed by atoms with Gasteiger partial charge in [0.2, 0.25) is 0 Å². The fraction of sp³-hybridized carbons (Fsp3) is 0.273. The van der Waals surface area contributed by atoms with E-state index in [1.807, 2.05) is 23.5 Å². The third-order valence-corrected chi connectivity index (χ3v) is 3.31. The van der Waals surface area contributed by atoms with Gasteiger partial charge in [0.05, 0.1) is 6.54 Å². The highest BCUT2D eigenvalue weighted by Crippen LogP contribution is 2.17. The molecule has 0 fully saturated rings. The molecular formula is C11H13N3S. The fourth-order valence-corrected chi connectivity index (χ4v) is 2.18. The van der Waals surface area contributed by atoms with E-state index in [0.29, 0.717) is 0 Å². The van der Waals surface area contributed by atoms with Crippen LogP contribution < -0.4 is 5.32 Å². The van der Waals surface area contributed by atoms with Crippen LogP contribution in [0.5, 0.6) is 0 Å². The number of nitrogens with zero attached hydrogens (tertiary/aromatic N) is 2. The molecule has 0 aliphatic carbocycles. The second-order valence-electron chi connectivity index (χ2n) is 3.18. The van der Waals surface area contributed by atoms with E-state index in [1.54, 1.807) is 6.20 Å². The quantitative estimate of drug-likeness (QED) is 0.859. The highest BCUT2D eigenvalue weighted by atomic mass is 32.1. The van der Waals surface area contributed by atoms with Crippen molar-refractivity contribution in [3.8, 4) is 0 Å². The lowest BCUT2D eigenvalue weighted by atomic mass is 10.3. The average Bonchev–Trinajstić information content (AvgIpc) is 2.76. The van der Waals surface area contributed by atoms with Crippen LogP contribution >= 0.6 is 11.3 Å². The van der Waals surface area contributed by atoms with Gasteiger partial charge in [0, 0.05) is 16.0 Å². The van der Waals surface area contributed by atoms with E-state index in [1.165, 1.54) is 9.75 Å². The molecule has 0 spiro atoms. The van der Waals surface area contributed by atoms with Crippen LogP contribution in [0.1, 0.15) is 16.7 Å². The number of nitrogens with one attached hydrogen (secondary N) is 1. The van der Waals surface area contributed by atoms with Gasteiger partial charge in [-0.3, -0.25) is 0 Å². The van der Waals surface area contributed by atoms with Crippen LogP contribution in [0, 0.1) is 0 Å². The van der Waals surface area contributed by atoms with Crippen molar-refractivity contribution in [2.24, 2.45) is 0 Å². The van der Waals surface area contributed by atoms with Gasteiger partial charge in [-0.15, -0.1) is 16.4 Å². The minimum absolute atomic E-state index is 0.823. The molecular weight excluding hydrogens is 206 g/mol. The summed E-state index contributed by atoms with van der Waals surface area (Å²) in [5.41, 5.74) is 0. The monoisotopic (exact) mass is 219 g/mol. The Morgan fingerprint density at radius 2 is 2.13 bits per heavy atom. The van der Waals surface area contributed by atoms with Crippen molar-refractivity contribution in [2.45, 2.75) is 19.9 Å². The van der Waals surface area contributed by atoms with Gasteiger partial charge in [0.15, 0.2) is 0 Å². The van der Waals surface area contributed by atoms with Crippen LogP contribution in [0.4, 0.5) is 5.82 Å². The zero-order valence-corrected chi connectivity index (χ0v) is 9.42. The predicted molar refractivity (Wildman–Crippen MR) is 63.1 cm³/mol. The van der Waals surface area contributed by atoms with Gasteiger partial charge in [-0.2, -0.15) is 5.10 Å². The van der Waals surface area contributed by atoms with Crippen molar-refractivity contribution in [2.75, 3.05) is 5.32 Å². The first-order valence-electron chi connectivity index (χ1n) is 4.97. The first-order valence-corrected chi connectivity index (χ1v) is 5.79. The lowest BCUT2D eigenvalue weighted by molar-refractivity contribution is 1.01. The zero-order chi connectivity index (χ0) is 10.5. The van der Waals surface area contributed by atoms with E-state index in [4.69, 9.17) is 0 Å². The van der Waals surface area contributed by atoms with Gasteiger partial charge in [-0.25, -0.2) is 0 Å². The van der Waals surface area contributed by atoms with Crippen molar-refractivity contribution in [3.05, 3.63) is 40.2 Å². The van der Waals surface area contributed by atoms with Crippen LogP contribution in [0.25, 0.3) is 0 Å². The molecule has 78 valence electrons. The van der Waals surface area contributed by atoms with Gasteiger partial charge in [0.1, 0.15) is 5.82 Å². The van der Waals surface area contributed by atoms with Crippen LogP contribution in [0.3, 0.4) is 0 Å². The summed E-state index contributed by atoms with van der Waals surface area (Å²) in [5.74, 6) is 0.823. The van der Waals surface area contributed by atoms with Crippen LogP contribution in [0.2, 0.25) is 0 Å². The van der Waals surface area contributed by atoms with E-state index in [0.717, 1.165) is 18.8 Å². The number of aryl methyl sites for hydroxylation is 1. The Morgan fingerprint density at radius 1 is 1.27 bits per heavy atom. The third-order valence-electron chi connectivity index (χ3n) is 2.08. The maximum absolute atomic E-state index is 3.96. The molecule has 4 heteroatoms. The van der Waals surface area contributed by atoms with Crippen molar-refractivity contribution in [1.29, 1.82) is 0 Å². The van der Waals surface area contributed by atoms with Gasteiger partial charge in [-0.1, -0.05) is 6.92 Å². The van der Waals surface area contributed by atoms with Crippen LogP contribution in [-0.4, -0.2) is 10.2 Å². The topological polar surface area (TPSA) is 37.8 Å². The SMILES string of the molecule is CCc1ccc(CNc2cccnn2)s1. The Labute approximate surface area is 93.2 Å². The Morgan fingerprint density at radius 3 is 2.80 bits per heavy atom. The van der Waals surface area contributed by atoms with E-state index in [2.05, 4.69) is 34.6 Å².